The summed E-state index contributed by atoms with van der Waals surface area (Å²) in [5.74, 6) is -0.487. The first-order chi connectivity index (χ1) is 12.8. The minimum absolute atomic E-state index is 0.197. The molecule has 0 aliphatic rings. The number of fused-ring (bicyclic) bond motifs is 3. The zero-order valence-corrected chi connectivity index (χ0v) is 15.7. The summed E-state index contributed by atoms with van der Waals surface area (Å²) in [6.07, 6.45) is -4.74. The fourth-order valence-corrected chi connectivity index (χ4v) is 4.93. The number of halogens is 3. The van der Waals surface area contributed by atoms with Gasteiger partial charge in [0.25, 0.3) is 5.91 Å². The van der Waals surface area contributed by atoms with Crippen molar-refractivity contribution in [2.75, 3.05) is 7.05 Å². The van der Waals surface area contributed by atoms with Gasteiger partial charge >= 0.3 is 6.36 Å². The van der Waals surface area contributed by atoms with Crippen molar-refractivity contribution in [3.63, 3.8) is 0 Å². The van der Waals surface area contributed by atoms with Crippen LogP contribution in [0.1, 0.15) is 14.7 Å². The molecule has 0 radical (unpaired) electrons. The lowest BCUT2D eigenvalue weighted by atomic mass is 10.3. The van der Waals surface area contributed by atoms with Crippen molar-refractivity contribution in [3.05, 3.63) is 40.2 Å². The fourth-order valence-electron chi connectivity index (χ4n) is 2.83. The van der Waals surface area contributed by atoms with Crippen LogP contribution < -0.4 is 10.1 Å². The van der Waals surface area contributed by atoms with Gasteiger partial charge in [-0.25, -0.2) is 4.98 Å². The molecule has 10 heteroatoms. The van der Waals surface area contributed by atoms with Crippen LogP contribution in [0.25, 0.3) is 26.3 Å². The molecule has 3 heterocycles. The van der Waals surface area contributed by atoms with E-state index in [4.69, 9.17) is 0 Å². The summed E-state index contributed by atoms with van der Waals surface area (Å²) in [4.78, 5) is 18.0. The van der Waals surface area contributed by atoms with E-state index in [1.54, 1.807) is 25.2 Å². The molecular weight excluding hydrogens is 399 g/mol. The number of hydrogen-bond acceptors (Lipinski definition) is 5. The maximum atomic E-state index is 12.4. The summed E-state index contributed by atoms with van der Waals surface area (Å²) >= 11 is 2.82. The number of alkyl halides is 3. The van der Waals surface area contributed by atoms with E-state index in [9.17, 15) is 18.0 Å². The molecule has 0 unspecified atom stereocenters. The van der Waals surface area contributed by atoms with Gasteiger partial charge in [-0.15, -0.1) is 35.8 Å². The van der Waals surface area contributed by atoms with Crippen LogP contribution in [0.3, 0.4) is 0 Å². The molecule has 4 aromatic rings. The lowest BCUT2D eigenvalue weighted by molar-refractivity contribution is -0.274. The minimum Gasteiger partial charge on any atom is -0.406 e. The third kappa shape index (κ3) is 3.15. The molecule has 1 N–H and O–H groups in total. The van der Waals surface area contributed by atoms with Crippen molar-refractivity contribution >= 4 is 49.1 Å². The second-order valence-corrected chi connectivity index (χ2v) is 7.90. The molecule has 0 aliphatic carbocycles. The molecule has 27 heavy (non-hydrogen) atoms. The quantitative estimate of drug-likeness (QED) is 0.523. The maximum Gasteiger partial charge on any atom is 0.573 e. The number of carbonyl (C=O) groups excluding carboxylic acids is 1. The number of ether oxygens (including phenoxy) is 1. The van der Waals surface area contributed by atoms with Crippen LogP contribution in [0.4, 0.5) is 13.2 Å². The fraction of sp³-hybridized carbons (Fsp3) is 0.176. The number of carbonyl (C=O) groups is 1. The molecule has 0 fully saturated rings. The number of aryl methyl sites for hydroxylation is 1. The average Bonchev–Trinajstić information content (AvgIpc) is 3.24. The third-order valence-corrected chi connectivity index (χ3v) is 5.95. The Kier molecular flexibility index (Phi) is 4.11. The number of aromatic nitrogens is 2. The van der Waals surface area contributed by atoms with E-state index in [2.05, 4.69) is 15.0 Å². The van der Waals surface area contributed by atoms with Crippen molar-refractivity contribution in [3.8, 4) is 11.4 Å². The Morgan fingerprint density at radius 1 is 1.22 bits per heavy atom. The van der Waals surface area contributed by atoms with Gasteiger partial charge in [-0.2, -0.15) is 0 Å². The number of nitrogens with one attached hydrogen (secondary N) is 1. The Labute approximate surface area is 159 Å². The molecular formula is C17H12F3N3O2S2. The van der Waals surface area contributed by atoms with Gasteiger partial charge in [-0.05, 0) is 37.3 Å². The standard InChI is InChI=1S/C17H12F3N3O2S2/c1-8-22-13-14-11(7-12(27-14)15(24)21-2)23(16(13)26-8)9-3-5-10(6-4-9)25-17(18,19)20/h3-7H,1-2H3,(H,21,24). The van der Waals surface area contributed by atoms with Gasteiger partial charge in [0.05, 0.1) is 20.1 Å². The van der Waals surface area contributed by atoms with Crippen LogP contribution in [0.2, 0.25) is 0 Å². The number of rotatable bonds is 3. The second-order valence-electron chi connectivity index (χ2n) is 5.67. The summed E-state index contributed by atoms with van der Waals surface area (Å²) in [7, 11) is 1.56. The number of amides is 1. The Hall–Kier alpha value is -2.59. The van der Waals surface area contributed by atoms with Gasteiger partial charge < -0.3 is 10.1 Å². The van der Waals surface area contributed by atoms with Gasteiger partial charge in [0.1, 0.15) is 16.1 Å². The zero-order valence-electron chi connectivity index (χ0n) is 14.0. The first kappa shape index (κ1) is 17.8. The van der Waals surface area contributed by atoms with Crippen LogP contribution in [-0.4, -0.2) is 28.9 Å². The topological polar surface area (TPSA) is 56.2 Å². The molecule has 3 aromatic heterocycles. The normalized spacial score (nSPS) is 12.0. The molecule has 1 aromatic carbocycles. The number of nitrogens with zero attached hydrogens (tertiary/aromatic N) is 2. The minimum atomic E-state index is -4.74. The van der Waals surface area contributed by atoms with Crippen LogP contribution in [-0.2, 0) is 0 Å². The van der Waals surface area contributed by atoms with Crippen LogP contribution >= 0.6 is 22.7 Å². The highest BCUT2D eigenvalue weighted by atomic mass is 32.1. The maximum absolute atomic E-state index is 12.4. The van der Waals surface area contributed by atoms with Gasteiger partial charge in [0.2, 0.25) is 0 Å². The van der Waals surface area contributed by atoms with E-state index in [1.807, 2.05) is 11.5 Å². The molecule has 0 saturated heterocycles. The van der Waals surface area contributed by atoms with E-state index in [-0.39, 0.29) is 11.7 Å². The SMILES string of the molecule is CNC(=O)c1cc2c(s1)c1nc(C)sc1n2-c1ccc(OC(F)(F)F)cc1. The molecule has 5 nitrogen and oxygen atoms in total. The van der Waals surface area contributed by atoms with Crippen LogP contribution in [0.5, 0.6) is 5.75 Å². The van der Waals surface area contributed by atoms with Crippen LogP contribution in [0, 0.1) is 6.92 Å². The molecule has 1 amide bonds. The lowest BCUT2D eigenvalue weighted by Crippen LogP contribution is -2.17. The third-order valence-electron chi connectivity index (χ3n) is 3.87. The van der Waals surface area contributed by atoms with Crippen molar-refractivity contribution < 1.29 is 22.7 Å². The first-order valence-electron chi connectivity index (χ1n) is 7.76. The summed E-state index contributed by atoms with van der Waals surface area (Å²) in [6.45, 7) is 1.88. The van der Waals surface area contributed by atoms with Crippen molar-refractivity contribution in [1.82, 2.24) is 14.9 Å². The lowest BCUT2D eigenvalue weighted by Gasteiger charge is -2.10. The largest absolute Gasteiger partial charge is 0.573 e. The van der Waals surface area contributed by atoms with Crippen molar-refractivity contribution in [1.29, 1.82) is 0 Å². The molecule has 0 bridgehead atoms. The Morgan fingerprint density at radius 2 is 1.93 bits per heavy atom. The van der Waals surface area contributed by atoms with Gasteiger partial charge in [-0.1, -0.05) is 0 Å². The molecule has 0 spiro atoms. The van der Waals surface area contributed by atoms with Gasteiger partial charge in [0.15, 0.2) is 0 Å². The Bertz CT molecular complexity index is 1160. The van der Waals surface area contributed by atoms with Gasteiger partial charge in [0, 0.05) is 12.7 Å². The van der Waals surface area contributed by atoms with E-state index in [0.717, 1.165) is 25.6 Å². The average molecular weight is 411 g/mol. The Balaban J connectivity index is 1.88. The predicted octanol–water partition coefficient (Wildman–Crippen LogP) is 4.87. The van der Waals surface area contributed by atoms with Crippen molar-refractivity contribution in [2.45, 2.75) is 13.3 Å². The molecule has 4 rings (SSSR count). The summed E-state index contributed by atoms with van der Waals surface area (Å²) in [5, 5.41) is 3.46. The molecule has 0 saturated carbocycles. The zero-order chi connectivity index (χ0) is 19.3. The van der Waals surface area contributed by atoms with E-state index in [0.29, 0.717) is 10.6 Å². The van der Waals surface area contributed by atoms with Crippen molar-refractivity contribution in [2.24, 2.45) is 0 Å². The molecule has 140 valence electrons. The number of benzene rings is 1. The summed E-state index contributed by atoms with van der Waals surface area (Å²) in [6, 6.07) is 7.39. The number of thiophene rings is 1. The number of thiazole rings is 1. The molecule has 0 aliphatic heterocycles. The smallest absolute Gasteiger partial charge is 0.406 e. The van der Waals surface area contributed by atoms with Gasteiger partial charge in [-0.3, -0.25) is 9.36 Å². The van der Waals surface area contributed by atoms with Crippen LogP contribution in [0.15, 0.2) is 30.3 Å². The monoisotopic (exact) mass is 411 g/mol. The first-order valence-corrected chi connectivity index (χ1v) is 9.40. The predicted molar refractivity (Wildman–Crippen MR) is 99.1 cm³/mol. The highest BCUT2D eigenvalue weighted by molar-refractivity contribution is 7.23. The summed E-state index contributed by atoms with van der Waals surface area (Å²) < 4.78 is 43.8. The highest BCUT2D eigenvalue weighted by Gasteiger charge is 2.31. The van der Waals surface area contributed by atoms with E-state index < -0.39 is 6.36 Å². The Morgan fingerprint density at radius 3 is 2.56 bits per heavy atom. The second kappa shape index (κ2) is 6.24. The number of hydrogen-bond donors (Lipinski definition) is 1. The van der Waals surface area contributed by atoms with E-state index in [1.165, 1.54) is 34.8 Å². The summed E-state index contributed by atoms with van der Waals surface area (Å²) in [5.41, 5.74) is 2.23. The highest BCUT2D eigenvalue weighted by Crippen LogP contribution is 2.40. The molecule has 0 atom stereocenters. The van der Waals surface area contributed by atoms with E-state index >= 15 is 0 Å².